The van der Waals surface area contributed by atoms with Crippen LogP contribution in [0.4, 0.5) is 0 Å². The molecule has 2 aromatic rings. The summed E-state index contributed by atoms with van der Waals surface area (Å²) in [7, 11) is 0. The monoisotopic (exact) mass is 307 g/mol. The van der Waals surface area contributed by atoms with E-state index < -0.39 is 3.79 Å². The molecule has 90 valence electrons. The molecule has 3 nitrogen and oxygen atoms in total. The highest BCUT2D eigenvalue weighted by Crippen LogP contribution is 2.38. The first-order valence-corrected chi connectivity index (χ1v) is 6.24. The van der Waals surface area contributed by atoms with Crippen LogP contribution >= 0.6 is 47.0 Å². The molecule has 1 aromatic heterocycles. The largest absolute Gasteiger partial charge is 0.392 e. The zero-order valence-electron chi connectivity index (χ0n) is 8.53. The van der Waals surface area contributed by atoms with Gasteiger partial charge in [0.1, 0.15) is 0 Å². The number of aromatic nitrogens is 2. The third-order valence-corrected chi connectivity index (χ3v) is 2.86. The molecule has 0 fully saturated rings. The highest BCUT2D eigenvalue weighted by atomic mass is 35.6. The number of benzene rings is 1. The van der Waals surface area contributed by atoms with Gasteiger partial charge in [0.05, 0.1) is 22.6 Å². The van der Waals surface area contributed by atoms with Gasteiger partial charge >= 0.3 is 0 Å². The number of para-hydroxylation sites is 2. The van der Waals surface area contributed by atoms with Gasteiger partial charge in [0.25, 0.3) is 0 Å². The lowest BCUT2D eigenvalue weighted by atomic mass is 10.3. The molecule has 17 heavy (non-hydrogen) atoms. The highest BCUT2D eigenvalue weighted by molar-refractivity contribution is 7.80. The summed E-state index contributed by atoms with van der Waals surface area (Å²) in [6.45, 7) is 0.291. The zero-order valence-corrected chi connectivity index (χ0v) is 11.6. The normalized spacial score (nSPS) is 11.9. The molecule has 0 radical (unpaired) electrons. The van der Waals surface area contributed by atoms with E-state index in [1.807, 2.05) is 24.3 Å². The second-order valence-electron chi connectivity index (χ2n) is 3.47. The first kappa shape index (κ1) is 12.9. The Kier molecular flexibility index (Phi) is 3.50. The standard InChI is InChI=1S/C10H8Cl3N3S/c11-10(12,13)9-15-6-3-1-2-4-7(6)16(9)5-8(14)17/h1-4H,5H2,(H2,14,17). The van der Waals surface area contributed by atoms with Crippen molar-refractivity contribution in [2.45, 2.75) is 10.3 Å². The van der Waals surface area contributed by atoms with Crippen molar-refractivity contribution in [1.82, 2.24) is 9.55 Å². The SMILES string of the molecule is NC(=S)Cn1c(C(Cl)(Cl)Cl)nc2ccccc21. The average Bonchev–Trinajstić information content (AvgIpc) is 2.56. The summed E-state index contributed by atoms with van der Waals surface area (Å²) in [5.41, 5.74) is 7.12. The fourth-order valence-electron chi connectivity index (χ4n) is 1.61. The molecule has 0 unspecified atom stereocenters. The summed E-state index contributed by atoms with van der Waals surface area (Å²) in [4.78, 5) is 4.60. The minimum atomic E-state index is -1.61. The van der Waals surface area contributed by atoms with Crippen molar-refractivity contribution in [2.75, 3.05) is 0 Å². The number of nitrogens with two attached hydrogens (primary N) is 1. The second kappa shape index (κ2) is 4.61. The fraction of sp³-hybridized carbons (Fsp3) is 0.200. The van der Waals surface area contributed by atoms with Gasteiger partial charge in [-0.2, -0.15) is 0 Å². The van der Waals surface area contributed by atoms with Gasteiger partial charge in [-0.1, -0.05) is 59.2 Å². The van der Waals surface area contributed by atoms with E-state index in [1.165, 1.54) is 0 Å². The number of hydrogen-bond donors (Lipinski definition) is 1. The van der Waals surface area contributed by atoms with Crippen LogP contribution in [0, 0.1) is 0 Å². The molecule has 0 saturated heterocycles. The summed E-state index contributed by atoms with van der Waals surface area (Å²) in [5.74, 6) is 0.316. The average molecular weight is 309 g/mol. The molecule has 0 aliphatic heterocycles. The molecule has 7 heteroatoms. The van der Waals surface area contributed by atoms with Gasteiger partial charge in [-0.3, -0.25) is 0 Å². The van der Waals surface area contributed by atoms with Gasteiger partial charge in [0.15, 0.2) is 5.82 Å². The molecule has 0 aliphatic carbocycles. The van der Waals surface area contributed by atoms with Gasteiger partial charge < -0.3 is 10.3 Å². The van der Waals surface area contributed by atoms with E-state index in [1.54, 1.807) is 4.57 Å². The third-order valence-electron chi connectivity index (χ3n) is 2.22. The predicted molar refractivity (Wildman–Crippen MR) is 75.8 cm³/mol. The van der Waals surface area contributed by atoms with Crippen LogP contribution in [0.5, 0.6) is 0 Å². The van der Waals surface area contributed by atoms with Gasteiger partial charge in [-0.25, -0.2) is 4.98 Å². The minimum Gasteiger partial charge on any atom is -0.392 e. The summed E-state index contributed by atoms with van der Waals surface area (Å²) >= 11 is 22.5. The Morgan fingerprint density at radius 3 is 2.59 bits per heavy atom. The number of hydrogen-bond acceptors (Lipinski definition) is 2. The summed E-state index contributed by atoms with van der Waals surface area (Å²) < 4.78 is 0.106. The lowest BCUT2D eigenvalue weighted by molar-refractivity contribution is 0.801. The van der Waals surface area contributed by atoms with E-state index in [0.29, 0.717) is 17.4 Å². The molecule has 1 aromatic carbocycles. The second-order valence-corrected chi connectivity index (χ2v) is 6.28. The molecule has 0 amide bonds. The van der Waals surface area contributed by atoms with Crippen LogP contribution in [0.1, 0.15) is 5.82 Å². The van der Waals surface area contributed by atoms with Crippen molar-refractivity contribution in [1.29, 1.82) is 0 Å². The third kappa shape index (κ3) is 2.65. The van der Waals surface area contributed by atoms with Gasteiger partial charge in [0.2, 0.25) is 3.79 Å². The van der Waals surface area contributed by atoms with Gasteiger partial charge in [-0.15, -0.1) is 0 Å². The van der Waals surface area contributed by atoms with Crippen LogP contribution in [0.3, 0.4) is 0 Å². The van der Waals surface area contributed by atoms with E-state index >= 15 is 0 Å². The van der Waals surface area contributed by atoms with Crippen LogP contribution in [0.2, 0.25) is 0 Å². The number of nitrogens with zero attached hydrogens (tertiary/aromatic N) is 2. The van der Waals surface area contributed by atoms with Crippen molar-refractivity contribution in [2.24, 2.45) is 5.73 Å². The summed E-state index contributed by atoms with van der Waals surface area (Å²) in [6, 6.07) is 7.46. The summed E-state index contributed by atoms with van der Waals surface area (Å²) in [5, 5.41) is 0. The molecule has 0 atom stereocenters. The predicted octanol–water partition coefficient (Wildman–Crippen LogP) is 3.15. The first-order chi connectivity index (χ1) is 7.89. The van der Waals surface area contributed by atoms with E-state index in [2.05, 4.69) is 4.98 Å². The molecule has 0 spiro atoms. The molecule has 2 N–H and O–H groups in total. The highest BCUT2D eigenvalue weighted by Gasteiger charge is 2.30. The zero-order chi connectivity index (χ0) is 12.6. The molecular formula is C10H8Cl3N3S. The van der Waals surface area contributed by atoms with Crippen molar-refractivity contribution >= 4 is 63.0 Å². The Hall–Kier alpha value is -0.550. The smallest absolute Gasteiger partial charge is 0.248 e. The first-order valence-electron chi connectivity index (χ1n) is 4.70. The number of fused-ring (bicyclic) bond motifs is 1. The van der Waals surface area contributed by atoms with Crippen LogP contribution < -0.4 is 5.73 Å². The van der Waals surface area contributed by atoms with E-state index in [4.69, 9.17) is 52.8 Å². The van der Waals surface area contributed by atoms with E-state index in [9.17, 15) is 0 Å². The number of alkyl halides is 3. The van der Waals surface area contributed by atoms with Crippen LogP contribution in [0.25, 0.3) is 11.0 Å². The number of imidazole rings is 1. The van der Waals surface area contributed by atoms with Gasteiger partial charge in [-0.05, 0) is 12.1 Å². The fourth-order valence-corrected chi connectivity index (χ4v) is 2.17. The van der Waals surface area contributed by atoms with Crippen molar-refractivity contribution in [3.63, 3.8) is 0 Å². The summed E-state index contributed by atoms with van der Waals surface area (Å²) in [6.07, 6.45) is 0. The maximum Gasteiger partial charge on any atom is 0.248 e. The molecule has 0 bridgehead atoms. The Bertz CT molecular complexity index is 574. The van der Waals surface area contributed by atoms with Crippen LogP contribution in [0.15, 0.2) is 24.3 Å². The molecule has 2 rings (SSSR count). The van der Waals surface area contributed by atoms with Crippen LogP contribution in [-0.4, -0.2) is 14.5 Å². The molecule has 1 heterocycles. The number of halogens is 3. The minimum absolute atomic E-state index is 0.291. The van der Waals surface area contributed by atoms with Crippen molar-refractivity contribution < 1.29 is 0 Å². The quantitative estimate of drug-likeness (QED) is 0.684. The van der Waals surface area contributed by atoms with E-state index in [0.717, 1.165) is 11.0 Å². The number of rotatable bonds is 2. The molecule has 0 saturated carbocycles. The molecular weight excluding hydrogens is 301 g/mol. The van der Waals surface area contributed by atoms with Crippen molar-refractivity contribution in [3.05, 3.63) is 30.1 Å². The lowest BCUT2D eigenvalue weighted by Crippen LogP contribution is -2.21. The van der Waals surface area contributed by atoms with Crippen LogP contribution in [-0.2, 0) is 10.3 Å². The topological polar surface area (TPSA) is 43.8 Å². The van der Waals surface area contributed by atoms with E-state index in [-0.39, 0.29) is 0 Å². The van der Waals surface area contributed by atoms with Crippen molar-refractivity contribution in [3.8, 4) is 0 Å². The Morgan fingerprint density at radius 2 is 2.00 bits per heavy atom. The molecule has 0 aliphatic rings. The Labute approximate surface area is 118 Å². The maximum atomic E-state index is 5.88. The lowest BCUT2D eigenvalue weighted by Gasteiger charge is -2.13. The number of thiocarbonyl (C=S) groups is 1. The van der Waals surface area contributed by atoms with Gasteiger partial charge in [0, 0.05) is 0 Å². The Morgan fingerprint density at radius 1 is 1.35 bits per heavy atom. The maximum absolute atomic E-state index is 5.88. The Balaban J connectivity index is 2.69.